The van der Waals surface area contributed by atoms with Crippen LogP contribution >= 0.6 is 22.9 Å². The molecule has 0 aliphatic carbocycles. The zero-order chi connectivity index (χ0) is 16.3. The van der Waals surface area contributed by atoms with Crippen LogP contribution in [-0.2, 0) is 21.3 Å². The number of amides is 1. The van der Waals surface area contributed by atoms with E-state index in [2.05, 4.69) is 4.98 Å². The van der Waals surface area contributed by atoms with Gasteiger partial charge in [0.15, 0.2) is 4.47 Å². The highest BCUT2D eigenvalue weighted by Crippen LogP contribution is 2.23. The first-order valence-electron chi connectivity index (χ1n) is 7.20. The van der Waals surface area contributed by atoms with Crippen LogP contribution in [0.5, 0.6) is 0 Å². The van der Waals surface area contributed by atoms with E-state index in [0.29, 0.717) is 23.3 Å². The third-order valence-corrected chi connectivity index (χ3v) is 6.23. The Bertz CT molecular complexity index is 557. The molecule has 124 valence electrons. The summed E-state index contributed by atoms with van der Waals surface area (Å²) in [5, 5.41) is -0.0258. The summed E-state index contributed by atoms with van der Waals surface area (Å²) in [5.74, 6) is 0.442. The molecule has 0 radical (unpaired) electrons. The van der Waals surface area contributed by atoms with Gasteiger partial charge in [0, 0.05) is 35.0 Å². The fraction of sp³-hybridized carbons (Fsp3) is 0.714. The maximum Gasteiger partial charge on any atom is 0.410 e. The molecule has 0 unspecified atom stereocenters. The second kappa shape index (κ2) is 7.27. The van der Waals surface area contributed by atoms with E-state index in [9.17, 15) is 9.00 Å². The van der Waals surface area contributed by atoms with Crippen molar-refractivity contribution in [2.45, 2.75) is 50.2 Å². The second-order valence-electron chi connectivity index (χ2n) is 6.30. The zero-order valence-electron chi connectivity index (χ0n) is 13.0. The summed E-state index contributed by atoms with van der Waals surface area (Å²) in [5.41, 5.74) is -0.511. The molecule has 1 aliphatic rings. The lowest BCUT2D eigenvalue weighted by molar-refractivity contribution is 0.0219. The second-order valence-corrected chi connectivity index (χ2v) is 9.71. The number of piperidine rings is 1. The molecule has 0 saturated carbocycles. The molecule has 0 bridgehead atoms. The van der Waals surface area contributed by atoms with Crippen molar-refractivity contribution < 1.29 is 13.7 Å². The van der Waals surface area contributed by atoms with Gasteiger partial charge in [-0.05, 0) is 33.6 Å². The first-order valence-corrected chi connectivity index (χ1v) is 9.77. The standard InChI is InChI=1S/C14H21ClN2O3S2/c1-14(2,3)20-13(18)17-6-4-5-11(8-17)22(19)9-10-7-16-12(15)21-10/h7,11H,4-6,8-9H2,1-3H3/t11-,22-/m0/s1. The Balaban J connectivity index is 1.92. The van der Waals surface area contributed by atoms with E-state index in [-0.39, 0.29) is 11.3 Å². The molecule has 0 N–H and O–H groups in total. The van der Waals surface area contributed by atoms with E-state index < -0.39 is 16.4 Å². The molecule has 0 spiro atoms. The number of nitrogens with zero attached hydrogens (tertiary/aromatic N) is 2. The van der Waals surface area contributed by atoms with Crippen molar-refractivity contribution in [2.75, 3.05) is 13.1 Å². The van der Waals surface area contributed by atoms with Gasteiger partial charge in [0.25, 0.3) is 0 Å². The van der Waals surface area contributed by atoms with E-state index in [0.717, 1.165) is 17.7 Å². The summed E-state index contributed by atoms with van der Waals surface area (Å²) in [6.45, 7) is 6.68. The number of aromatic nitrogens is 1. The Labute approximate surface area is 142 Å². The van der Waals surface area contributed by atoms with E-state index in [1.54, 1.807) is 11.1 Å². The maximum atomic E-state index is 12.5. The van der Waals surface area contributed by atoms with Gasteiger partial charge in [0.2, 0.25) is 0 Å². The Morgan fingerprint density at radius 1 is 1.59 bits per heavy atom. The van der Waals surface area contributed by atoms with Crippen LogP contribution < -0.4 is 0 Å². The third kappa shape index (κ3) is 5.21. The summed E-state index contributed by atoms with van der Waals surface area (Å²) in [4.78, 5) is 18.7. The summed E-state index contributed by atoms with van der Waals surface area (Å²) >= 11 is 7.15. The number of thiazole rings is 1. The fourth-order valence-electron chi connectivity index (χ4n) is 2.25. The molecule has 1 aromatic heterocycles. The van der Waals surface area contributed by atoms with Crippen molar-refractivity contribution in [3.8, 4) is 0 Å². The zero-order valence-corrected chi connectivity index (χ0v) is 15.4. The van der Waals surface area contributed by atoms with Gasteiger partial charge < -0.3 is 9.64 Å². The number of carbonyl (C=O) groups is 1. The SMILES string of the molecule is CC(C)(C)OC(=O)N1CCC[C@H]([S@@](=O)Cc2cnc(Cl)s2)C1. The quantitative estimate of drug-likeness (QED) is 0.824. The van der Waals surface area contributed by atoms with Crippen molar-refractivity contribution in [3.63, 3.8) is 0 Å². The van der Waals surface area contributed by atoms with Gasteiger partial charge in [0.05, 0.1) is 11.0 Å². The molecule has 1 fully saturated rings. The van der Waals surface area contributed by atoms with Crippen molar-refractivity contribution in [3.05, 3.63) is 15.5 Å². The lowest BCUT2D eigenvalue weighted by Crippen LogP contribution is -2.46. The number of hydrogen-bond acceptors (Lipinski definition) is 5. The Morgan fingerprint density at radius 3 is 2.91 bits per heavy atom. The van der Waals surface area contributed by atoms with Crippen molar-refractivity contribution in [2.24, 2.45) is 0 Å². The first kappa shape index (κ1) is 17.7. The van der Waals surface area contributed by atoms with Gasteiger partial charge in [-0.2, -0.15) is 0 Å². The highest BCUT2D eigenvalue weighted by molar-refractivity contribution is 7.85. The minimum absolute atomic E-state index is 0.0258. The molecule has 1 saturated heterocycles. The lowest BCUT2D eigenvalue weighted by Gasteiger charge is -2.33. The summed E-state index contributed by atoms with van der Waals surface area (Å²) < 4.78 is 18.4. The molecule has 1 aromatic rings. The molecule has 1 amide bonds. The molecule has 2 atom stereocenters. The lowest BCUT2D eigenvalue weighted by atomic mass is 10.1. The first-order chi connectivity index (χ1) is 10.2. The van der Waals surface area contributed by atoms with Crippen LogP contribution in [0.15, 0.2) is 6.20 Å². The predicted octanol–water partition coefficient (Wildman–Crippen LogP) is 3.44. The minimum atomic E-state index is -1.04. The van der Waals surface area contributed by atoms with E-state index in [1.165, 1.54) is 11.3 Å². The average Bonchev–Trinajstić information content (AvgIpc) is 2.82. The normalized spacial score (nSPS) is 20.7. The number of carbonyl (C=O) groups excluding carboxylic acids is 1. The van der Waals surface area contributed by atoms with Crippen LogP contribution in [0.4, 0.5) is 4.79 Å². The Kier molecular flexibility index (Phi) is 5.85. The van der Waals surface area contributed by atoms with E-state index >= 15 is 0 Å². The molecular weight excluding hydrogens is 344 g/mol. The van der Waals surface area contributed by atoms with Gasteiger partial charge in [-0.3, -0.25) is 4.21 Å². The van der Waals surface area contributed by atoms with Crippen LogP contribution in [0.2, 0.25) is 4.47 Å². The van der Waals surface area contributed by atoms with Crippen molar-refractivity contribution in [1.29, 1.82) is 0 Å². The van der Waals surface area contributed by atoms with Gasteiger partial charge in [0.1, 0.15) is 5.60 Å². The average molecular weight is 365 g/mol. The van der Waals surface area contributed by atoms with Crippen LogP contribution in [0.1, 0.15) is 38.5 Å². The third-order valence-electron chi connectivity index (χ3n) is 3.21. The van der Waals surface area contributed by atoms with Crippen LogP contribution in [0.3, 0.4) is 0 Å². The minimum Gasteiger partial charge on any atom is -0.444 e. The van der Waals surface area contributed by atoms with Crippen LogP contribution in [0.25, 0.3) is 0 Å². The van der Waals surface area contributed by atoms with E-state index in [1.807, 2.05) is 20.8 Å². The number of likely N-dealkylation sites (tertiary alicyclic amines) is 1. The number of ether oxygens (including phenoxy) is 1. The maximum absolute atomic E-state index is 12.5. The molecule has 8 heteroatoms. The predicted molar refractivity (Wildman–Crippen MR) is 89.8 cm³/mol. The molecule has 22 heavy (non-hydrogen) atoms. The Hall–Kier alpha value is -0.660. The summed E-state index contributed by atoms with van der Waals surface area (Å²) in [6.07, 6.45) is 3.05. The Morgan fingerprint density at radius 2 is 2.32 bits per heavy atom. The molecule has 2 rings (SSSR count). The number of halogens is 1. The molecule has 0 aromatic carbocycles. The van der Waals surface area contributed by atoms with Gasteiger partial charge in [-0.15, -0.1) is 11.3 Å². The summed E-state index contributed by atoms with van der Waals surface area (Å²) in [7, 11) is -1.04. The van der Waals surface area contributed by atoms with Crippen molar-refractivity contribution in [1.82, 2.24) is 9.88 Å². The highest BCUT2D eigenvalue weighted by Gasteiger charge is 2.30. The van der Waals surface area contributed by atoms with Crippen LogP contribution in [0, 0.1) is 0 Å². The number of rotatable bonds is 3. The van der Waals surface area contributed by atoms with E-state index in [4.69, 9.17) is 16.3 Å². The highest BCUT2D eigenvalue weighted by atomic mass is 35.5. The van der Waals surface area contributed by atoms with Gasteiger partial charge >= 0.3 is 6.09 Å². The molecule has 5 nitrogen and oxygen atoms in total. The molecule has 1 aliphatic heterocycles. The summed E-state index contributed by atoms with van der Waals surface area (Å²) in [6, 6.07) is 0. The topological polar surface area (TPSA) is 59.5 Å². The fourth-order valence-corrected chi connectivity index (χ4v) is 4.98. The van der Waals surface area contributed by atoms with Gasteiger partial charge in [-0.25, -0.2) is 9.78 Å². The molecular formula is C14H21ClN2O3S2. The van der Waals surface area contributed by atoms with Crippen molar-refractivity contribution >= 4 is 39.8 Å². The smallest absolute Gasteiger partial charge is 0.410 e. The van der Waals surface area contributed by atoms with Crippen LogP contribution in [-0.4, -0.2) is 44.1 Å². The largest absolute Gasteiger partial charge is 0.444 e. The number of hydrogen-bond donors (Lipinski definition) is 0. The molecule has 2 heterocycles. The monoisotopic (exact) mass is 364 g/mol. The van der Waals surface area contributed by atoms with Gasteiger partial charge in [-0.1, -0.05) is 11.6 Å².